The van der Waals surface area contributed by atoms with Crippen molar-refractivity contribution in [1.82, 2.24) is 14.7 Å². The Morgan fingerprint density at radius 2 is 2.38 bits per heavy atom. The van der Waals surface area contributed by atoms with Gasteiger partial charge in [-0.3, -0.25) is 9.48 Å². The van der Waals surface area contributed by atoms with Gasteiger partial charge >= 0.3 is 0 Å². The number of hydrogen-bond acceptors (Lipinski definition) is 3. The Morgan fingerprint density at radius 3 is 2.81 bits per heavy atom. The summed E-state index contributed by atoms with van der Waals surface area (Å²) in [6.45, 7) is 3.04. The normalized spacial score (nSPS) is 15.2. The minimum Gasteiger partial charge on any atom is -0.333 e. The highest BCUT2D eigenvalue weighted by Crippen LogP contribution is 2.27. The van der Waals surface area contributed by atoms with Crippen LogP contribution in [0.2, 0.25) is 0 Å². The van der Waals surface area contributed by atoms with Crippen molar-refractivity contribution in [1.29, 1.82) is 0 Å². The van der Waals surface area contributed by atoms with Crippen molar-refractivity contribution in [3.05, 3.63) is 17.5 Å². The first-order valence-corrected chi connectivity index (χ1v) is 5.65. The Morgan fingerprint density at radius 1 is 1.69 bits per heavy atom. The maximum absolute atomic E-state index is 12.3. The van der Waals surface area contributed by atoms with Crippen molar-refractivity contribution in [3.63, 3.8) is 0 Å². The molecule has 0 aliphatic heterocycles. The molecule has 1 saturated carbocycles. The maximum atomic E-state index is 12.3. The van der Waals surface area contributed by atoms with Gasteiger partial charge in [0.15, 0.2) is 0 Å². The molecular formula is C11H18N4O. The number of nitrogens with two attached hydrogens (primary N) is 1. The van der Waals surface area contributed by atoms with Crippen LogP contribution in [0.4, 0.5) is 0 Å². The average molecular weight is 222 g/mol. The van der Waals surface area contributed by atoms with Gasteiger partial charge in [0, 0.05) is 26.2 Å². The second kappa shape index (κ2) is 4.25. The topological polar surface area (TPSA) is 64.2 Å². The summed E-state index contributed by atoms with van der Waals surface area (Å²) in [6, 6.07) is 2.22. The molecule has 0 saturated heterocycles. The van der Waals surface area contributed by atoms with E-state index in [-0.39, 0.29) is 5.91 Å². The third-order valence-corrected chi connectivity index (χ3v) is 2.84. The summed E-state index contributed by atoms with van der Waals surface area (Å²) in [6.07, 6.45) is 2.20. The highest BCUT2D eigenvalue weighted by atomic mass is 16.2. The zero-order valence-corrected chi connectivity index (χ0v) is 9.81. The van der Waals surface area contributed by atoms with Crippen molar-refractivity contribution in [2.24, 2.45) is 12.8 Å². The standard InChI is InChI=1S/C11H18N4O/c1-8-7-10(14(2)13-8)11(16)15(6-5-12)9-3-4-9/h7,9H,3-6,12H2,1-2H3. The van der Waals surface area contributed by atoms with Gasteiger partial charge < -0.3 is 10.6 Å². The number of hydrogen-bond donors (Lipinski definition) is 1. The molecule has 1 aromatic heterocycles. The van der Waals surface area contributed by atoms with Gasteiger partial charge in [-0.25, -0.2) is 0 Å². The Hall–Kier alpha value is -1.36. The second-order valence-electron chi connectivity index (χ2n) is 4.31. The summed E-state index contributed by atoms with van der Waals surface area (Å²) in [7, 11) is 1.80. The molecule has 1 aliphatic rings. The van der Waals surface area contributed by atoms with E-state index in [2.05, 4.69) is 5.10 Å². The lowest BCUT2D eigenvalue weighted by atomic mass is 10.3. The molecule has 5 heteroatoms. The van der Waals surface area contributed by atoms with E-state index in [4.69, 9.17) is 5.73 Å². The number of amides is 1. The summed E-state index contributed by atoms with van der Waals surface area (Å²) in [5.74, 6) is 0.0519. The van der Waals surface area contributed by atoms with Crippen LogP contribution in [0.3, 0.4) is 0 Å². The van der Waals surface area contributed by atoms with Gasteiger partial charge in [0.1, 0.15) is 5.69 Å². The summed E-state index contributed by atoms with van der Waals surface area (Å²) in [4.78, 5) is 14.1. The van der Waals surface area contributed by atoms with Gasteiger partial charge in [-0.2, -0.15) is 5.10 Å². The molecule has 1 aliphatic carbocycles. The number of rotatable bonds is 4. The van der Waals surface area contributed by atoms with Crippen molar-refractivity contribution in [2.75, 3.05) is 13.1 Å². The highest BCUT2D eigenvalue weighted by Gasteiger charge is 2.33. The number of carbonyl (C=O) groups is 1. The van der Waals surface area contributed by atoms with Crippen LogP contribution < -0.4 is 5.73 Å². The van der Waals surface area contributed by atoms with Crippen LogP contribution in [-0.2, 0) is 7.05 Å². The molecule has 0 bridgehead atoms. The lowest BCUT2D eigenvalue weighted by Gasteiger charge is -2.21. The van der Waals surface area contributed by atoms with Crippen molar-refractivity contribution >= 4 is 5.91 Å². The Bertz CT molecular complexity index is 395. The molecule has 0 unspecified atom stereocenters. The van der Waals surface area contributed by atoms with Gasteiger partial charge in [-0.05, 0) is 25.8 Å². The molecule has 16 heavy (non-hydrogen) atoms. The van der Waals surface area contributed by atoms with Crippen LogP contribution in [-0.4, -0.2) is 39.7 Å². The molecule has 0 spiro atoms. The molecule has 88 valence electrons. The van der Waals surface area contributed by atoms with Gasteiger partial charge in [0.05, 0.1) is 5.69 Å². The van der Waals surface area contributed by atoms with E-state index in [0.29, 0.717) is 24.8 Å². The summed E-state index contributed by atoms with van der Waals surface area (Å²) < 4.78 is 1.64. The summed E-state index contributed by atoms with van der Waals surface area (Å²) >= 11 is 0. The zero-order valence-electron chi connectivity index (χ0n) is 9.81. The van der Waals surface area contributed by atoms with E-state index >= 15 is 0 Å². The van der Waals surface area contributed by atoms with Crippen LogP contribution >= 0.6 is 0 Å². The molecule has 0 atom stereocenters. The van der Waals surface area contributed by atoms with Crippen LogP contribution in [0.5, 0.6) is 0 Å². The summed E-state index contributed by atoms with van der Waals surface area (Å²) in [5, 5.41) is 4.19. The number of carbonyl (C=O) groups excluding carboxylic acids is 1. The molecule has 1 heterocycles. The molecule has 1 fully saturated rings. The third kappa shape index (κ3) is 2.09. The molecule has 0 aromatic carbocycles. The maximum Gasteiger partial charge on any atom is 0.272 e. The molecule has 1 aromatic rings. The van der Waals surface area contributed by atoms with E-state index < -0.39 is 0 Å². The molecule has 5 nitrogen and oxygen atoms in total. The predicted molar refractivity (Wildman–Crippen MR) is 61.1 cm³/mol. The van der Waals surface area contributed by atoms with Crippen LogP contribution in [0.1, 0.15) is 29.0 Å². The largest absolute Gasteiger partial charge is 0.333 e. The lowest BCUT2D eigenvalue weighted by molar-refractivity contribution is 0.0737. The Balaban J connectivity index is 2.18. The van der Waals surface area contributed by atoms with Crippen LogP contribution in [0, 0.1) is 6.92 Å². The molecular weight excluding hydrogens is 204 g/mol. The van der Waals surface area contributed by atoms with Crippen molar-refractivity contribution in [3.8, 4) is 0 Å². The minimum atomic E-state index is 0.0519. The predicted octanol–water partition coefficient (Wildman–Crippen LogP) is 0.292. The van der Waals surface area contributed by atoms with Crippen LogP contribution in [0.25, 0.3) is 0 Å². The Labute approximate surface area is 95.2 Å². The monoisotopic (exact) mass is 222 g/mol. The quantitative estimate of drug-likeness (QED) is 0.796. The summed E-state index contributed by atoms with van der Waals surface area (Å²) in [5.41, 5.74) is 7.06. The average Bonchev–Trinajstić information content (AvgIpc) is 3.00. The van der Waals surface area contributed by atoms with E-state index in [1.807, 2.05) is 17.9 Å². The first kappa shape index (κ1) is 11.1. The molecule has 1 amide bonds. The van der Waals surface area contributed by atoms with E-state index in [1.165, 1.54) is 0 Å². The van der Waals surface area contributed by atoms with Gasteiger partial charge in [0.2, 0.25) is 0 Å². The van der Waals surface area contributed by atoms with E-state index in [0.717, 1.165) is 18.5 Å². The van der Waals surface area contributed by atoms with Gasteiger partial charge in [0.25, 0.3) is 5.91 Å². The van der Waals surface area contributed by atoms with Gasteiger partial charge in [-0.1, -0.05) is 0 Å². The number of aromatic nitrogens is 2. The third-order valence-electron chi connectivity index (χ3n) is 2.84. The van der Waals surface area contributed by atoms with Crippen LogP contribution in [0.15, 0.2) is 6.07 Å². The zero-order chi connectivity index (χ0) is 11.7. The molecule has 2 N–H and O–H groups in total. The molecule has 0 radical (unpaired) electrons. The Kier molecular flexibility index (Phi) is 2.96. The SMILES string of the molecule is Cc1cc(C(=O)N(CCN)C2CC2)n(C)n1. The fourth-order valence-corrected chi connectivity index (χ4v) is 1.93. The minimum absolute atomic E-state index is 0.0519. The number of nitrogens with zero attached hydrogens (tertiary/aromatic N) is 3. The first-order chi connectivity index (χ1) is 7.63. The number of aryl methyl sites for hydroxylation is 2. The van der Waals surface area contributed by atoms with Gasteiger partial charge in [-0.15, -0.1) is 0 Å². The first-order valence-electron chi connectivity index (χ1n) is 5.65. The molecule has 2 rings (SSSR count). The fraction of sp³-hybridized carbons (Fsp3) is 0.636. The second-order valence-corrected chi connectivity index (χ2v) is 4.31. The van der Waals surface area contributed by atoms with E-state index in [1.54, 1.807) is 11.7 Å². The van der Waals surface area contributed by atoms with Crippen molar-refractivity contribution < 1.29 is 4.79 Å². The van der Waals surface area contributed by atoms with E-state index in [9.17, 15) is 4.79 Å². The van der Waals surface area contributed by atoms with Crippen molar-refractivity contribution in [2.45, 2.75) is 25.8 Å². The smallest absolute Gasteiger partial charge is 0.272 e. The fourth-order valence-electron chi connectivity index (χ4n) is 1.93. The lowest BCUT2D eigenvalue weighted by Crippen LogP contribution is -2.38. The highest BCUT2D eigenvalue weighted by molar-refractivity contribution is 5.93.